The highest BCUT2D eigenvalue weighted by molar-refractivity contribution is 6.06. The van der Waals surface area contributed by atoms with Crippen LogP contribution in [0.4, 0.5) is 8.78 Å². The van der Waals surface area contributed by atoms with E-state index in [2.05, 4.69) is 19.7 Å². The van der Waals surface area contributed by atoms with Crippen LogP contribution in [0.1, 0.15) is 29.5 Å². The Bertz CT molecular complexity index is 891. The summed E-state index contributed by atoms with van der Waals surface area (Å²) in [5, 5.41) is 0. The Balaban J connectivity index is 1.89. The van der Waals surface area contributed by atoms with Crippen molar-refractivity contribution in [3.05, 3.63) is 53.6 Å². The van der Waals surface area contributed by atoms with Gasteiger partial charge in [0.05, 0.1) is 0 Å². The zero-order valence-corrected chi connectivity index (χ0v) is 15.6. The fourth-order valence-corrected chi connectivity index (χ4v) is 3.34. The highest BCUT2D eigenvalue weighted by atomic mass is 19.3. The first-order valence-electron chi connectivity index (χ1n) is 8.77. The fourth-order valence-electron chi connectivity index (χ4n) is 3.34. The van der Waals surface area contributed by atoms with E-state index in [-0.39, 0.29) is 17.6 Å². The third kappa shape index (κ3) is 3.78. The maximum atomic E-state index is 13.0. The molecule has 2 N–H and O–H groups in total. The largest absolute Gasteiger partial charge is 0.435 e. The molecule has 7 nitrogen and oxygen atoms in total. The number of hydrogen-bond acceptors (Lipinski definition) is 6. The first-order chi connectivity index (χ1) is 13.3. The van der Waals surface area contributed by atoms with Gasteiger partial charge in [0, 0.05) is 19.4 Å². The summed E-state index contributed by atoms with van der Waals surface area (Å²) in [4.78, 5) is 26.8. The molecule has 0 bridgehead atoms. The average Bonchev–Trinajstić information content (AvgIpc) is 2.88. The van der Waals surface area contributed by atoms with Crippen LogP contribution in [0.2, 0.25) is 0 Å². The molecule has 1 unspecified atom stereocenters. The number of aromatic nitrogens is 2. The van der Waals surface area contributed by atoms with Crippen molar-refractivity contribution in [2.75, 3.05) is 7.05 Å². The van der Waals surface area contributed by atoms with Crippen molar-refractivity contribution in [3.8, 4) is 5.75 Å². The van der Waals surface area contributed by atoms with Crippen molar-refractivity contribution in [1.82, 2.24) is 14.9 Å². The van der Waals surface area contributed by atoms with Gasteiger partial charge in [-0.15, -0.1) is 0 Å². The quantitative estimate of drug-likeness (QED) is 0.785. The summed E-state index contributed by atoms with van der Waals surface area (Å²) in [6.45, 7) is -1.27. The highest BCUT2D eigenvalue weighted by Crippen LogP contribution is 2.39. The molecule has 1 aromatic carbocycles. The number of aliphatic imine (C=N–C) groups is 1. The molecule has 1 amide bonds. The number of alkyl halides is 2. The van der Waals surface area contributed by atoms with Crippen LogP contribution in [0.15, 0.2) is 41.9 Å². The Labute approximate surface area is 161 Å². The number of nitrogens with zero attached hydrogens (tertiary/aromatic N) is 4. The van der Waals surface area contributed by atoms with E-state index in [1.165, 1.54) is 17.3 Å². The zero-order valence-electron chi connectivity index (χ0n) is 15.6. The van der Waals surface area contributed by atoms with E-state index in [0.717, 1.165) is 5.56 Å². The van der Waals surface area contributed by atoms with Gasteiger partial charge in [0.15, 0.2) is 11.5 Å². The Kier molecular flexibility index (Phi) is 5.53. The predicted molar refractivity (Wildman–Crippen MR) is 98.9 cm³/mol. The fraction of sp³-hybridized carbons (Fsp3) is 0.368. The second kappa shape index (κ2) is 7.87. The maximum absolute atomic E-state index is 13.0. The molecule has 0 radical (unpaired) electrons. The summed E-state index contributed by atoms with van der Waals surface area (Å²) in [5.41, 5.74) is 6.75. The van der Waals surface area contributed by atoms with E-state index < -0.39 is 12.2 Å². The number of likely N-dealkylation sites (N-methyl/N-ethyl adjacent to an activating group) is 1. The van der Waals surface area contributed by atoms with Crippen molar-refractivity contribution in [1.29, 1.82) is 0 Å². The molecule has 2 aromatic rings. The summed E-state index contributed by atoms with van der Waals surface area (Å²) < 4.78 is 29.6. The molecule has 0 saturated heterocycles. The number of halogens is 2. The topological polar surface area (TPSA) is 93.7 Å². The van der Waals surface area contributed by atoms with Crippen LogP contribution in [0.5, 0.6) is 5.75 Å². The molecule has 9 heteroatoms. The van der Waals surface area contributed by atoms with Crippen LogP contribution in [-0.4, -0.2) is 40.4 Å². The van der Waals surface area contributed by atoms with Gasteiger partial charge in [-0.05, 0) is 55.0 Å². The molecular weight excluding hydrogens is 368 g/mol. The first kappa shape index (κ1) is 19.7. The molecule has 0 fully saturated rings. The van der Waals surface area contributed by atoms with E-state index >= 15 is 0 Å². The van der Waals surface area contributed by atoms with E-state index in [1.54, 1.807) is 38.5 Å². The summed E-state index contributed by atoms with van der Waals surface area (Å²) >= 11 is 0. The molecule has 148 valence electrons. The number of amides is 1. The number of hydrogen-bond donors (Lipinski definition) is 1. The van der Waals surface area contributed by atoms with E-state index in [4.69, 9.17) is 5.73 Å². The minimum Gasteiger partial charge on any atom is -0.435 e. The monoisotopic (exact) mass is 389 g/mol. The smallest absolute Gasteiger partial charge is 0.387 e. The van der Waals surface area contributed by atoms with Gasteiger partial charge < -0.3 is 10.5 Å². The van der Waals surface area contributed by atoms with Gasteiger partial charge in [-0.25, -0.2) is 15.0 Å². The molecule has 0 saturated carbocycles. The molecule has 2 heterocycles. The summed E-state index contributed by atoms with van der Waals surface area (Å²) in [5.74, 6) is -0.0686. The summed E-state index contributed by atoms with van der Waals surface area (Å²) in [6, 6.07) is 4.67. The van der Waals surface area contributed by atoms with Crippen LogP contribution < -0.4 is 10.5 Å². The number of guanidine groups is 1. The van der Waals surface area contributed by atoms with Gasteiger partial charge in [-0.3, -0.25) is 9.69 Å². The maximum Gasteiger partial charge on any atom is 0.387 e. The molecule has 1 atom stereocenters. The Morgan fingerprint density at radius 3 is 2.57 bits per heavy atom. The van der Waals surface area contributed by atoms with Gasteiger partial charge >= 0.3 is 6.61 Å². The normalized spacial score (nSPS) is 19.2. The SMILES string of the molecule is Cc1cc(C2(CCCc3cncnc3)N=C(N)N(C)C2=O)ccc1OC(F)F. The lowest BCUT2D eigenvalue weighted by atomic mass is 9.83. The first-order valence-corrected chi connectivity index (χ1v) is 8.77. The lowest BCUT2D eigenvalue weighted by Gasteiger charge is -2.26. The van der Waals surface area contributed by atoms with Gasteiger partial charge in [0.1, 0.15) is 12.1 Å². The second-order valence-electron chi connectivity index (χ2n) is 6.65. The molecule has 1 aliphatic heterocycles. The standard InChI is InChI=1S/C19H21F2N5O2/c1-12-8-14(5-6-15(12)28-17(20)21)19(16(27)26(2)18(22)25-19)7-3-4-13-9-23-11-24-10-13/h5-6,8-11,17H,3-4,7H2,1-2H3,(H2,22,25). The third-order valence-corrected chi connectivity index (χ3v) is 4.79. The second-order valence-corrected chi connectivity index (χ2v) is 6.65. The lowest BCUT2D eigenvalue weighted by molar-refractivity contribution is -0.130. The Hall–Kier alpha value is -3.10. The molecule has 0 aliphatic carbocycles. The summed E-state index contributed by atoms with van der Waals surface area (Å²) in [7, 11) is 1.56. The van der Waals surface area contributed by atoms with Crippen molar-refractivity contribution in [2.45, 2.75) is 38.3 Å². The number of rotatable bonds is 7. The van der Waals surface area contributed by atoms with E-state index in [1.807, 2.05) is 0 Å². The van der Waals surface area contributed by atoms with E-state index in [9.17, 15) is 13.6 Å². The Morgan fingerprint density at radius 2 is 2.00 bits per heavy atom. The number of ether oxygens (including phenoxy) is 1. The number of benzene rings is 1. The van der Waals surface area contributed by atoms with Gasteiger partial charge in [0.25, 0.3) is 5.91 Å². The van der Waals surface area contributed by atoms with Gasteiger partial charge in [-0.2, -0.15) is 8.78 Å². The minimum absolute atomic E-state index is 0.0612. The van der Waals surface area contributed by atoms with Crippen LogP contribution in [0, 0.1) is 6.92 Å². The zero-order chi connectivity index (χ0) is 20.3. The van der Waals surface area contributed by atoms with Crippen molar-refractivity contribution in [2.24, 2.45) is 10.7 Å². The molecule has 0 spiro atoms. The third-order valence-electron chi connectivity index (χ3n) is 4.79. The number of nitrogens with two attached hydrogens (primary N) is 1. The predicted octanol–water partition coefficient (Wildman–Crippen LogP) is 2.39. The number of carbonyl (C=O) groups is 1. The lowest BCUT2D eigenvalue weighted by Crippen LogP contribution is -2.40. The van der Waals surface area contributed by atoms with Gasteiger partial charge in [-0.1, -0.05) is 6.07 Å². The van der Waals surface area contributed by atoms with Crippen LogP contribution in [0.3, 0.4) is 0 Å². The van der Waals surface area contributed by atoms with Crippen LogP contribution in [-0.2, 0) is 16.8 Å². The van der Waals surface area contributed by atoms with Crippen molar-refractivity contribution >= 4 is 11.9 Å². The molecule has 1 aliphatic rings. The number of aryl methyl sites for hydroxylation is 2. The van der Waals surface area contributed by atoms with Crippen LogP contribution in [0.25, 0.3) is 0 Å². The minimum atomic E-state index is -2.92. The molecule has 1 aromatic heterocycles. The number of carbonyl (C=O) groups excluding carboxylic acids is 1. The van der Waals surface area contributed by atoms with Crippen molar-refractivity contribution < 1.29 is 18.3 Å². The molecule has 3 rings (SSSR count). The highest BCUT2D eigenvalue weighted by Gasteiger charge is 2.47. The van der Waals surface area contributed by atoms with Crippen molar-refractivity contribution in [3.63, 3.8) is 0 Å². The summed E-state index contributed by atoms with van der Waals surface area (Å²) in [6.07, 6.45) is 6.61. The average molecular weight is 389 g/mol. The van der Waals surface area contributed by atoms with E-state index in [0.29, 0.717) is 30.4 Å². The molecule has 28 heavy (non-hydrogen) atoms. The Morgan fingerprint density at radius 1 is 1.29 bits per heavy atom. The van der Waals surface area contributed by atoms with Gasteiger partial charge in [0.2, 0.25) is 0 Å². The van der Waals surface area contributed by atoms with Crippen LogP contribution >= 0.6 is 0 Å². The molecular formula is C19H21F2N5O2.